The summed E-state index contributed by atoms with van der Waals surface area (Å²) in [4.78, 5) is 38.4. The molecule has 0 spiro atoms. The molecule has 10 heteroatoms. The molecule has 1 aromatic rings. The average Bonchev–Trinajstić information content (AvgIpc) is 2.66. The van der Waals surface area contributed by atoms with Crippen molar-refractivity contribution in [1.82, 2.24) is 9.80 Å². The van der Waals surface area contributed by atoms with E-state index in [1.807, 2.05) is 18.7 Å². The van der Waals surface area contributed by atoms with E-state index in [0.29, 0.717) is 38.5 Å². The second kappa shape index (κ2) is 9.88. The van der Waals surface area contributed by atoms with Gasteiger partial charge in [-0.15, -0.1) is 0 Å². The number of nitro benzene ring substituents is 1. The van der Waals surface area contributed by atoms with Crippen molar-refractivity contribution >= 4 is 23.4 Å². The quantitative estimate of drug-likeness (QED) is 0.555. The van der Waals surface area contributed by atoms with Crippen LogP contribution < -0.4 is 10.1 Å². The van der Waals surface area contributed by atoms with Crippen molar-refractivity contribution in [1.29, 1.82) is 0 Å². The van der Waals surface area contributed by atoms with E-state index in [0.717, 1.165) is 0 Å². The first-order valence-corrected chi connectivity index (χ1v) is 9.06. The summed E-state index contributed by atoms with van der Waals surface area (Å²) in [5.74, 6) is 0.255. The van der Waals surface area contributed by atoms with Gasteiger partial charge in [-0.2, -0.15) is 0 Å². The van der Waals surface area contributed by atoms with Crippen LogP contribution in [0.4, 0.5) is 16.2 Å². The van der Waals surface area contributed by atoms with Crippen molar-refractivity contribution in [2.24, 2.45) is 5.92 Å². The number of ether oxygens (including phenoxy) is 2. The minimum absolute atomic E-state index is 0.0814. The Kier molecular flexibility index (Phi) is 7.56. The van der Waals surface area contributed by atoms with Crippen LogP contribution in [-0.2, 0) is 9.53 Å². The predicted molar refractivity (Wildman–Crippen MR) is 102 cm³/mol. The van der Waals surface area contributed by atoms with Crippen LogP contribution in [0.3, 0.4) is 0 Å². The zero-order chi connectivity index (χ0) is 20.7. The van der Waals surface area contributed by atoms with Crippen LogP contribution in [0, 0.1) is 16.0 Å². The maximum Gasteiger partial charge on any atom is 0.409 e. The van der Waals surface area contributed by atoms with Gasteiger partial charge in [-0.25, -0.2) is 4.79 Å². The molecule has 0 unspecified atom stereocenters. The van der Waals surface area contributed by atoms with Gasteiger partial charge in [-0.05, 0) is 18.1 Å². The number of hydrogen-bond donors (Lipinski definition) is 1. The molecule has 1 aliphatic rings. The Morgan fingerprint density at radius 1 is 1.25 bits per heavy atom. The highest BCUT2D eigenvalue weighted by atomic mass is 16.6. The Hall–Kier alpha value is -2.88. The number of rotatable bonds is 7. The SMILES string of the molecule is COc1ccc(NC(=O)CN2CCN(C(=O)OCC(C)C)CC2)c([N+](=O)[O-])c1. The van der Waals surface area contributed by atoms with Crippen LogP contribution in [0.5, 0.6) is 5.75 Å². The van der Waals surface area contributed by atoms with Crippen molar-refractivity contribution in [3.05, 3.63) is 28.3 Å². The van der Waals surface area contributed by atoms with Gasteiger partial charge in [0.25, 0.3) is 5.69 Å². The van der Waals surface area contributed by atoms with Crippen molar-refractivity contribution in [2.75, 3.05) is 51.8 Å². The molecule has 1 fully saturated rings. The lowest BCUT2D eigenvalue weighted by Gasteiger charge is -2.33. The minimum Gasteiger partial charge on any atom is -0.496 e. The number of nitrogens with one attached hydrogen (secondary N) is 1. The Morgan fingerprint density at radius 3 is 2.50 bits per heavy atom. The average molecular weight is 394 g/mol. The number of nitrogens with zero attached hydrogens (tertiary/aromatic N) is 3. The summed E-state index contributed by atoms with van der Waals surface area (Å²) in [5, 5.41) is 13.8. The highest BCUT2D eigenvalue weighted by Gasteiger charge is 2.24. The monoisotopic (exact) mass is 394 g/mol. The molecule has 0 saturated carbocycles. The lowest BCUT2D eigenvalue weighted by molar-refractivity contribution is -0.384. The van der Waals surface area contributed by atoms with Crippen LogP contribution in [0.1, 0.15) is 13.8 Å². The van der Waals surface area contributed by atoms with E-state index in [4.69, 9.17) is 9.47 Å². The Bertz CT molecular complexity index is 716. The van der Waals surface area contributed by atoms with Crippen LogP contribution in [0.2, 0.25) is 0 Å². The van der Waals surface area contributed by atoms with Gasteiger partial charge >= 0.3 is 6.09 Å². The first kappa shape index (κ1) is 21.4. The van der Waals surface area contributed by atoms with Crippen molar-refractivity contribution < 1.29 is 24.0 Å². The molecule has 1 heterocycles. The number of hydrogen-bond acceptors (Lipinski definition) is 7. The highest BCUT2D eigenvalue weighted by molar-refractivity contribution is 5.94. The molecule has 0 aromatic heterocycles. The fraction of sp³-hybridized carbons (Fsp3) is 0.556. The smallest absolute Gasteiger partial charge is 0.409 e. The highest BCUT2D eigenvalue weighted by Crippen LogP contribution is 2.28. The van der Waals surface area contributed by atoms with Gasteiger partial charge in [0.05, 0.1) is 31.3 Å². The number of carbonyl (C=O) groups excluding carboxylic acids is 2. The van der Waals surface area contributed by atoms with E-state index < -0.39 is 4.92 Å². The Morgan fingerprint density at radius 2 is 1.93 bits per heavy atom. The van der Waals surface area contributed by atoms with Crippen LogP contribution in [-0.4, -0.2) is 73.2 Å². The third-order valence-electron chi connectivity index (χ3n) is 4.21. The molecule has 1 aliphatic heterocycles. The van der Waals surface area contributed by atoms with Gasteiger partial charge in [-0.3, -0.25) is 19.8 Å². The Balaban J connectivity index is 1.85. The second-order valence-corrected chi connectivity index (χ2v) is 6.92. The number of methoxy groups -OCH3 is 1. The second-order valence-electron chi connectivity index (χ2n) is 6.92. The topological polar surface area (TPSA) is 114 Å². The molecule has 1 N–H and O–H groups in total. The summed E-state index contributed by atoms with van der Waals surface area (Å²) in [5.41, 5.74) is -0.114. The fourth-order valence-electron chi connectivity index (χ4n) is 2.71. The summed E-state index contributed by atoms with van der Waals surface area (Å²) in [6, 6.07) is 4.25. The van der Waals surface area contributed by atoms with Gasteiger partial charge in [-0.1, -0.05) is 13.8 Å². The zero-order valence-corrected chi connectivity index (χ0v) is 16.3. The van der Waals surface area contributed by atoms with Gasteiger partial charge in [0.1, 0.15) is 11.4 Å². The number of carbonyl (C=O) groups is 2. The molecule has 2 amide bonds. The van der Waals surface area contributed by atoms with E-state index in [1.165, 1.54) is 19.2 Å². The number of piperazine rings is 1. The lowest BCUT2D eigenvalue weighted by atomic mass is 10.2. The largest absolute Gasteiger partial charge is 0.496 e. The maximum atomic E-state index is 12.3. The number of nitro groups is 1. The summed E-state index contributed by atoms with van der Waals surface area (Å²) >= 11 is 0. The standard InChI is InChI=1S/C18H26N4O6/c1-13(2)12-28-18(24)21-8-6-20(7-9-21)11-17(23)19-15-5-4-14(27-3)10-16(15)22(25)26/h4-5,10,13H,6-9,11-12H2,1-3H3,(H,19,23). The van der Waals surface area contributed by atoms with Crippen molar-refractivity contribution in [3.8, 4) is 5.75 Å². The van der Waals surface area contributed by atoms with Gasteiger partial charge in [0.2, 0.25) is 5.91 Å². The molecule has 10 nitrogen and oxygen atoms in total. The summed E-state index contributed by atoms with van der Waals surface area (Å²) in [7, 11) is 1.41. The summed E-state index contributed by atoms with van der Waals surface area (Å²) < 4.78 is 10.2. The summed E-state index contributed by atoms with van der Waals surface area (Å²) in [6.07, 6.45) is -0.341. The Labute approximate surface area is 163 Å². The number of amides is 2. The third-order valence-corrected chi connectivity index (χ3v) is 4.21. The summed E-state index contributed by atoms with van der Waals surface area (Å²) in [6.45, 7) is 6.37. The van der Waals surface area contributed by atoms with E-state index in [1.54, 1.807) is 11.0 Å². The molecule has 0 aliphatic carbocycles. The van der Waals surface area contributed by atoms with Crippen molar-refractivity contribution in [3.63, 3.8) is 0 Å². The van der Waals surface area contributed by atoms with Gasteiger partial charge in [0, 0.05) is 26.2 Å². The normalized spacial score (nSPS) is 14.6. The molecule has 154 valence electrons. The van der Waals surface area contributed by atoms with Gasteiger partial charge in [0.15, 0.2) is 0 Å². The first-order chi connectivity index (χ1) is 13.3. The van der Waals surface area contributed by atoms with Gasteiger partial charge < -0.3 is 19.7 Å². The molecular formula is C18H26N4O6. The molecule has 0 bridgehead atoms. The van der Waals surface area contributed by atoms with E-state index in [9.17, 15) is 19.7 Å². The molecule has 1 aromatic carbocycles. The molecule has 0 atom stereocenters. The third kappa shape index (κ3) is 6.08. The van der Waals surface area contributed by atoms with Crippen LogP contribution in [0.15, 0.2) is 18.2 Å². The predicted octanol–water partition coefficient (Wildman–Crippen LogP) is 1.95. The molecule has 2 rings (SSSR count). The van der Waals surface area contributed by atoms with Crippen LogP contribution in [0.25, 0.3) is 0 Å². The molecule has 1 saturated heterocycles. The van der Waals surface area contributed by atoms with Crippen molar-refractivity contribution in [2.45, 2.75) is 13.8 Å². The van der Waals surface area contributed by atoms with E-state index in [-0.39, 0.29) is 35.8 Å². The number of benzene rings is 1. The zero-order valence-electron chi connectivity index (χ0n) is 16.3. The first-order valence-electron chi connectivity index (χ1n) is 9.06. The minimum atomic E-state index is -0.570. The van der Waals surface area contributed by atoms with Crippen LogP contribution >= 0.6 is 0 Å². The van der Waals surface area contributed by atoms with E-state index >= 15 is 0 Å². The number of anilines is 1. The fourth-order valence-corrected chi connectivity index (χ4v) is 2.71. The maximum absolute atomic E-state index is 12.3. The molecule has 0 radical (unpaired) electrons. The molecule has 28 heavy (non-hydrogen) atoms. The lowest BCUT2D eigenvalue weighted by Crippen LogP contribution is -2.50. The van der Waals surface area contributed by atoms with E-state index in [2.05, 4.69) is 5.32 Å². The molecular weight excluding hydrogens is 368 g/mol.